The van der Waals surface area contributed by atoms with Crippen LogP contribution in [-0.2, 0) is 4.79 Å². The van der Waals surface area contributed by atoms with Crippen LogP contribution in [0.4, 0.5) is 5.69 Å². The second kappa shape index (κ2) is 9.01. The fourth-order valence-corrected chi connectivity index (χ4v) is 3.46. The zero-order valence-electron chi connectivity index (χ0n) is 16.3. The molecular weight excluding hydrogens is 374 g/mol. The fourth-order valence-electron chi connectivity index (χ4n) is 3.46. The van der Waals surface area contributed by atoms with Crippen LogP contribution in [0, 0.1) is 0 Å². The average Bonchev–Trinajstić information content (AvgIpc) is 2.79. The van der Waals surface area contributed by atoms with E-state index in [0.717, 1.165) is 16.7 Å². The lowest BCUT2D eigenvalue weighted by atomic mass is 9.88. The molecule has 1 amide bonds. The molecule has 4 rings (SSSR count). The number of carbonyl (C=O) groups is 1. The molecule has 0 aliphatic carbocycles. The van der Waals surface area contributed by atoms with Crippen LogP contribution in [-0.4, -0.2) is 16.1 Å². The number of H-pyrrole nitrogens is 1. The lowest BCUT2D eigenvalue weighted by molar-refractivity contribution is -0.116. The monoisotopic (exact) mass is 395 g/mol. The summed E-state index contributed by atoms with van der Waals surface area (Å²) >= 11 is 0. The third-order valence-electron chi connectivity index (χ3n) is 4.91. The highest BCUT2D eigenvalue weighted by Crippen LogP contribution is 2.28. The van der Waals surface area contributed by atoms with Gasteiger partial charge >= 0.3 is 0 Å². The molecule has 0 saturated heterocycles. The van der Waals surface area contributed by atoms with Crippen molar-refractivity contribution < 1.29 is 4.79 Å². The molecule has 1 heterocycles. The summed E-state index contributed by atoms with van der Waals surface area (Å²) in [4.78, 5) is 24.1. The van der Waals surface area contributed by atoms with Crippen molar-refractivity contribution in [1.82, 2.24) is 10.2 Å². The minimum absolute atomic E-state index is 0.0311. The Kier molecular flexibility index (Phi) is 5.80. The Morgan fingerprint density at radius 1 is 0.833 bits per heavy atom. The zero-order chi connectivity index (χ0) is 20.8. The SMILES string of the molecule is O=C(CC(c1ccccc1)c1ccccc1)Nc1cccc(-c2ccc(=O)[nH]n2)c1. The highest BCUT2D eigenvalue weighted by Gasteiger charge is 2.18. The molecule has 0 aliphatic heterocycles. The first-order valence-electron chi connectivity index (χ1n) is 9.75. The van der Waals surface area contributed by atoms with Crippen molar-refractivity contribution >= 4 is 11.6 Å². The third-order valence-corrected chi connectivity index (χ3v) is 4.91. The summed E-state index contributed by atoms with van der Waals surface area (Å²) in [6.07, 6.45) is 0.329. The highest BCUT2D eigenvalue weighted by atomic mass is 16.1. The van der Waals surface area contributed by atoms with Crippen LogP contribution in [0.25, 0.3) is 11.3 Å². The Hall–Kier alpha value is -3.99. The second-order valence-corrected chi connectivity index (χ2v) is 7.01. The molecule has 4 aromatic rings. The smallest absolute Gasteiger partial charge is 0.264 e. The summed E-state index contributed by atoms with van der Waals surface area (Å²) in [5.74, 6) is -0.101. The first-order valence-corrected chi connectivity index (χ1v) is 9.75. The summed E-state index contributed by atoms with van der Waals surface area (Å²) in [5.41, 5.74) is 4.08. The number of nitrogens with zero attached hydrogens (tertiary/aromatic N) is 1. The lowest BCUT2D eigenvalue weighted by Gasteiger charge is -2.18. The normalized spacial score (nSPS) is 10.7. The third kappa shape index (κ3) is 4.70. The largest absolute Gasteiger partial charge is 0.326 e. The predicted molar refractivity (Wildman–Crippen MR) is 118 cm³/mol. The van der Waals surface area contributed by atoms with Gasteiger partial charge in [0.05, 0.1) is 5.69 Å². The summed E-state index contributed by atoms with van der Waals surface area (Å²) in [6.45, 7) is 0. The summed E-state index contributed by atoms with van der Waals surface area (Å²) in [5, 5.41) is 9.47. The predicted octanol–water partition coefficient (Wildman–Crippen LogP) is 4.60. The molecule has 2 N–H and O–H groups in total. The molecule has 5 nitrogen and oxygen atoms in total. The van der Waals surface area contributed by atoms with Crippen LogP contribution < -0.4 is 10.9 Å². The van der Waals surface area contributed by atoms with E-state index in [9.17, 15) is 9.59 Å². The van der Waals surface area contributed by atoms with E-state index < -0.39 is 0 Å². The standard InChI is InChI=1S/C25H21N3O2/c29-24-15-14-23(27-28-24)20-12-7-13-21(16-20)26-25(30)17-22(18-8-3-1-4-9-18)19-10-5-2-6-11-19/h1-16,22H,17H2,(H,26,30)(H,28,29). The highest BCUT2D eigenvalue weighted by molar-refractivity contribution is 5.92. The topological polar surface area (TPSA) is 74.8 Å². The van der Waals surface area contributed by atoms with E-state index in [2.05, 4.69) is 15.5 Å². The van der Waals surface area contributed by atoms with E-state index in [1.165, 1.54) is 6.07 Å². The van der Waals surface area contributed by atoms with E-state index >= 15 is 0 Å². The van der Waals surface area contributed by atoms with Gasteiger partial charge in [-0.2, -0.15) is 5.10 Å². The van der Waals surface area contributed by atoms with Crippen molar-refractivity contribution in [3.63, 3.8) is 0 Å². The maximum atomic E-state index is 12.9. The van der Waals surface area contributed by atoms with Crippen molar-refractivity contribution in [2.45, 2.75) is 12.3 Å². The van der Waals surface area contributed by atoms with Gasteiger partial charge in [0.25, 0.3) is 5.56 Å². The molecule has 0 aliphatic rings. The molecule has 0 spiro atoms. The van der Waals surface area contributed by atoms with Gasteiger partial charge in [0.1, 0.15) is 0 Å². The molecule has 0 unspecified atom stereocenters. The zero-order valence-corrected chi connectivity index (χ0v) is 16.3. The van der Waals surface area contributed by atoms with Gasteiger partial charge in [-0.05, 0) is 29.3 Å². The van der Waals surface area contributed by atoms with Crippen molar-refractivity contribution in [2.24, 2.45) is 0 Å². The Morgan fingerprint density at radius 2 is 1.50 bits per heavy atom. The summed E-state index contributed by atoms with van der Waals surface area (Å²) in [7, 11) is 0. The number of hydrogen-bond acceptors (Lipinski definition) is 3. The van der Waals surface area contributed by atoms with Gasteiger partial charge in [0.15, 0.2) is 0 Å². The number of hydrogen-bond donors (Lipinski definition) is 2. The molecule has 0 radical (unpaired) electrons. The van der Waals surface area contributed by atoms with Gasteiger partial charge in [-0.15, -0.1) is 0 Å². The Bertz CT molecular complexity index is 1130. The van der Waals surface area contributed by atoms with Crippen molar-refractivity contribution in [3.8, 4) is 11.3 Å². The second-order valence-electron chi connectivity index (χ2n) is 7.01. The number of nitrogens with one attached hydrogen (secondary N) is 2. The Labute approximate surface area is 174 Å². The minimum Gasteiger partial charge on any atom is -0.326 e. The average molecular weight is 395 g/mol. The Balaban J connectivity index is 1.53. The molecule has 0 atom stereocenters. The van der Waals surface area contributed by atoms with Crippen LogP contribution >= 0.6 is 0 Å². The number of aromatic nitrogens is 2. The quantitative estimate of drug-likeness (QED) is 0.501. The van der Waals surface area contributed by atoms with Crippen LogP contribution in [0.2, 0.25) is 0 Å². The van der Waals surface area contributed by atoms with Crippen molar-refractivity contribution in [3.05, 3.63) is 119 Å². The van der Waals surface area contributed by atoms with Gasteiger partial charge in [0, 0.05) is 29.7 Å². The first-order chi connectivity index (χ1) is 14.7. The van der Waals surface area contributed by atoms with Crippen molar-refractivity contribution in [2.75, 3.05) is 5.32 Å². The van der Waals surface area contributed by atoms with Gasteiger partial charge in [0.2, 0.25) is 5.91 Å². The molecule has 1 aromatic heterocycles. The Morgan fingerprint density at radius 3 is 2.10 bits per heavy atom. The van der Waals surface area contributed by atoms with Crippen molar-refractivity contribution in [1.29, 1.82) is 0 Å². The molecule has 30 heavy (non-hydrogen) atoms. The minimum atomic E-state index is -0.254. The lowest BCUT2D eigenvalue weighted by Crippen LogP contribution is -2.16. The number of benzene rings is 3. The van der Waals surface area contributed by atoms with Crippen LogP contribution in [0.5, 0.6) is 0 Å². The maximum Gasteiger partial charge on any atom is 0.264 e. The van der Waals surface area contributed by atoms with Crippen LogP contribution in [0.3, 0.4) is 0 Å². The van der Waals surface area contributed by atoms with E-state index in [1.807, 2.05) is 84.9 Å². The number of amides is 1. The fraction of sp³-hybridized carbons (Fsp3) is 0.0800. The van der Waals surface area contributed by atoms with Gasteiger partial charge in [-0.1, -0.05) is 72.8 Å². The van der Waals surface area contributed by atoms with Gasteiger partial charge in [-0.3, -0.25) is 9.59 Å². The molecular formula is C25H21N3O2. The van der Waals surface area contributed by atoms with Gasteiger partial charge in [-0.25, -0.2) is 5.10 Å². The molecule has 3 aromatic carbocycles. The first kappa shape index (κ1) is 19.3. The molecule has 148 valence electrons. The van der Waals surface area contributed by atoms with E-state index in [1.54, 1.807) is 6.07 Å². The summed E-state index contributed by atoms with van der Waals surface area (Å²) < 4.78 is 0. The summed E-state index contributed by atoms with van der Waals surface area (Å²) in [6, 6.07) is 30.6. The number of rotatable bonds is 6. The molecule has 0 fully saturated rings. The maximum absolute atomic E-state index is 12.9. The van der Waals surface area contributed by atoms with Gasteiger partial charge < -0.3 is 5.32 Å². The number of carbonyl (C=O) groups excluding carboxylic acids is 1. The van der Waals surface area contributed by atoms with E-state index in [0.29, 0.717) is 17.8 Å². The molecule has 0 bridgehead atoms. The van der Waals surface area contributed by atoms with Crippen LogP contribution in [0.1, 0.15) is 23.5 Å². The molecule has 5 heteroatoms. The number of anilines is 1. The van der Waals surface area contributed by atoms with Crippen LogP contribution in [0.15, 0.2) is 102 Å². The molecule has 0 saturated carbocycles. The van der Waals surface area contributed by atoms with E-state index in [4.69, 9.17) is 0 Å². The van der Waals surface area contributed by atoms with E-state index in [-0.39, 0.29) is 17.4 Å². The number of aromatic amines is 1.